The number of nitrogens with one attached hydrogen (secondary N) is 2. The monoisotopic (exact) mass is 207 g/mol. The Hall–Kier alpha value is -2.29. The number of anilines is 1. The molecule has 0 spiro atoms. The summed E-state index contributed by atoms with van der Waals surface area (Å²) in [5.74, 6) is 1.02. The number of hydrogen-bond acceptors (Lipinski definition) is 4. The number of terminal acetylenes is 1. The van der Waals surface area contributed by atoms with Crippen molar-refractivity contribution in [3.05, 3.63) is 22.7 Å². The minimum Gasteiger partial charge on any atom is -0.480 e. The summed E-state index contributed by atoms with van der Waals surface area (Å²) in [5, 5.41) is 11.2. The van der Waals surface area contributed by atoms with Crippen molar-refractivity contribution in [1.82, 2.24) is 9.97 Å². The van der Waals surface area contributed by atoms with Gasteiger partial charge in [-0.05, 0) is 0 Å². The third-order valence-electron chi connectivity index (χ3n) is 1.64. The first kappa shape index (κ1) is 10.8. The quantitative estimate of drug-likeness (QED) is 0.587. The SMILES string of the molecule is C#CCC(Nc1ncc[nH]c1=O)C(=O)O. The van der Waals surface area contributed by atoms with Crippen molar-refractivity contribution in [2.75, 3.05) is 5.32 Å². The van der Waals surface area contributed by atoms with Crippen LogP contribution in [0.1, 0.15) is 6.42 Å². The van der Waals surface area contributed by atoms with Crippen LogP contribution in [0.2, 0.25) is 0 Å². The minimum atomic E-state index is -1.13. The number of carbonyl (C=O) groups is 1. The lowest BCUT2D eigenvalue weighted by Gasteiger charge is -2.10. The molecule has 1 rings (SSSR count). The summed E-state index contributed by atoms with van der Waals surface area (Å²) < 4.78 is 0. The topological polar surface area (TPSA) is 95.1 Å². The number of carboxylic acids is 1. The molecule has 0 saturated carbocycles. The molecule has 15 heavy (non-hydrogen) atoms. The highest BCUT2D eigenvalue weighted by molar-refractivity contribution is 5.77. The van der Waals surface area contributed by atoms with Crippen molar-refractivity contribution < 1.29 is 9.90 Å². The van der Waals surface area contributed by atoms with Crippen LogP contribution in [-0.4, -0.2) is 27.1 Å². The fraction of sp³-hybridized carbons (Fsp3) is 0.222. The van der Waals surface area contributed by atoms with Gasteiger partial charge in [0.1, 0.15) is 6.04 Å². The molecule has 0 bridgehead atoms. The van der Waals surface area contributed by atoms with E-state index in [0.29, 0.717) is 0 Å². The predicted octanol–water partition coefficient (Wildman–Crippen LogP) is -0.342. The summed E-state index contributed by atoms with van der Waals surface area (Å²) >= 11 is 0. The maximum atomic E-state index is 11.2. The van der Waals surface area contributed by atoms with Crippen LogP contribution in [0.4, 0.5) is 5.82 Å². The Labute approximate surface area is 85.4 Å². The fourth-order valence-electron chi connectivity index (χ4n) is 0.938. The first-order chi connectivity index (χ1) is 7.15. The summed E-state index contributed by atoms with van der Waals surface area (Å²) in [7, 11) is 0. The molecule has 0 amide bonds. The molecule has 6 nitrogen and oxygen atoms in total. The Morgan fingerprint density at radius 1 is 1.80 bits per heavy atom. The molecule has 0 fully saturated rings. The lowest BCUT2D eigenvalue weighted by Crippen LogP contribution is -2.32. The lowest BCUT2D eigenvalue weighted by molar-refractivity contribution is -0.137. The first-order valence-electron chi connectivity index (χ1n) is 4.11. The number of aliphatic carboxylic acids is 1. The summed E-state index contributed by atoms with van der Waals surface area (Å²) in [6, 6.07) is -1.01. The molecular formula is C9H9N3O3. The molecule has 3 N–H and O–H groups in total. The van der Waals surface area contributed by atoms with Gasteiger partial charge in [0.05, 0.1) is 0 Å². The Morgan fingerprint density at radius 3 is 3.07 bits per heavy atom. The van der Waals surface area contributed by atoms with E-state index in [2.05, 4.69) is 21.2 Å². The number of nitrogens with zero attached hydrogens (tertiary/aromatic N) is 1. The van der Waals surface area contributed by atoms with E-state index in [-0.39, 0.29) is 12.2 Å². The van der Waals surface area contributed by atoms with E-state index in [9.17, 15) is 9.59 Å². The van der Waals surface area contributed by atoms with Gasteiger partial charge >= 0.3 is 5.97 Å². The standard InChI is InChI=1S/C9H9N3O3/c1-2-3-6(9(14)15)12-7-8(13)11-5-4-10-7/h1,4-6H,3H2,(H,10,12)(H,11,13)(H,14,15). The highest BCUT2D eigenvalue weighted by Crippen LogP contribution is 1.99. The van der Waals surface area contributed by atoms with Crippen LogP contribution in [0.5, 0.6) is 0 Å². The van der Waals surface area contributed by atoms with Crippen molar-refractivity contribution in [3.63, 3.8) is 0 Å². The Balaban J connectivity index is 2.84. The fourth-order valence-corrected chi connectivity index (χ4v) is 0.938. The summed E-state index contributed by atoms with van der Waals surface area (Å²) in [5.41, 5.74) is -0.485. The van der Waals surface area contributed by atoms with Crippen molar-refractivity contribution in [3.8, 4) is 12.3 Å². The average Bonchev–Trinajstić information content (AvgIpc) is 2.20. The Bertz CT molecular complexity index is 446. The zero-order valence-corrected chi connectivity index (χ0v) is 7.73. The van der Waals surface area contributed by atoms with E-state index in [1.54, 1.807) is 0 Å². The van der Waals surface area contributed by atoms with E-state index in [1.807, 2.05) is 0 Å². The van der Waals surface area contributed by atoms with Gasteiger partial charge < -0.3 is 15.4 Å². The molecule has 0 aromatic carbocycles. The van der Waals surface area contributed by atoms with Crippen LogP contribution >= 0.6 is 0 Å². The van der Waals surface area contributed by atoms with Gasteiger partial charge in [0, 0.05) is 18.8 Å². The number of rotatable bonds is 4. The van der Waals surface area contributed by atoms with E-state index >= 15 is 0 Å². The van der Waals surface area contributed by atoms with E-state index in [4.69, 9.17) is 11.5 Å². The molecule has 0 aliphatic heterocycles. The predicted molar refractivity (Wildman–Crippen MR) is 53.4 cm³/mol. The molecule has 1 aromatic heterocycles. The van der Waals surface area contributed by atoms with Gasteiger partial charge in [-0.2, -0.15) is 0 Å². The van der Waals surface area contributed by atoms with Crippen molar-refractivity contribution in [1.29, 1.82) is 0 Å². The largest absolute Gasteiger partial charge is 0.480 e. The molecular weight excluding hydrogens is 198 g/mol. The smallest absolute Gasteiger partial charge is 0.327 e. The number of aromatic amines is 1. The third kappa shape index (κ3) is 2.84. The summed E-state index contributed by atoms with van der Waals surface area (Å²) in [6.07, 6.45) is 7.67. The zero-order valence-electron chi connectivity index (χ0n) is 7.73. The van der Waals surface area contributed by atoms with Crippen LogP contribution < -0.4 is 10.9 Å². The van der Waals surface area contributed by atoms with Gasteiger partial charge in [-0.3, -0.25) is 4.79 Å². The van der Waals surface area contributed by atoms with Gasteiger partial charge in [-0.15, -0.1) is 12.3 Å². The second kappa shape index (κ2) is 4.81. The first-order valence-corrected chi connectivity index (χ1v) is 4.11. The van der Waals surface area contributed by atoms with E-state index in [1.165, 1.54) is 12.4 Å². The summed E-state index contributed by atoms with van der Waals surface area (Å²) in [4.78, 5) is 27.9. The highest BCUT2D eigenvalue weighted by atomic mass is 16.4. The molecule has 1 atom stereocenters. The van der Waals surface area contributed by atoms with Crippen molar-refractivity contribution >= 4 is 11.8 Å². The van der Waals surface area contributed by atoms with E-state index < -0.39 is 17.6 Å². The Kier molecular flexibility index (Phi) is 3.46. The second-order valence-electron chi connectivity index (χ2n) is 2.71. The van der Waals surface area contributed by atoms with Crippen molar-refractivity contribution in [2.45, 2.75) is 12.5 Å². The number of carboxylic acid groups (broad SMARTS) is 1. The molecule has 6 heteroatoms. The van der Waals surface area contributed by atoms with Crippen molar-refractivity contribution in [2.24, 2.45) is 0 Å². The van der Waals surface area contributed by atoms with Gasteiger partial charge in [0.25, 0.3) is 5.56 Å². The van der Waals surface area contributed by atoms with Crippen LogP contribution in [0.3, 0.4) is 0 Å². The Morgan fingerprint density at radius 2 is 2.53 bits per heavy atom. The molecule has 78 valence electrons. The highest BCUT2D eigenvalue weighted by Gasteiger charge is 2.17. The molecule has 1 heterocycles. The third-order valence-corrected chi connectivity index (χ3v) is 1.64. The van der Waals surface area contributed by atoms with Gasteiger partial charge in [-0.25, -0.2) is 9.78 Å². The number of hydrogen-bond donors (Lipinski definition) is 3. The minimum absolute atomic E-state index is 0.0225. The average molecular weight is 207 g/mol. The van der Waals surface area contributed by atoms with Gasteiger partial charge in [0.2, 0.25) is 0 Å². The number of H-pyrrole nitrogens is 1. The summed E-state index contributed by atoms with van der Waals surface area (Å²) in [6.45, 7) is 0. The molecule has 1 aromatic rings. The normalized spacial score (nSPS) is 11.4. The van der Waals surface area contributed by atoms with Crippen LogP contribution in [0, 0.1) is 12.3 Å². The number of aromatic nitrogens is 2. The molecule has 0 aliphatic carbocycles. The molecule has 1 unspecified atom stereocenters. The van der Waals surface area contributed by atoms with E-state index in [0.717, 1.165) is 0 Å². The lowest BCUT2D eigenvalue weighted by atomic mass is 10.2. The van der Waals surface area contributed by atoms with Crippen LogP contribution in [0.25, 0.3) is 0 Å². The van der Waals surface area contributed by atoms with Crippen LogP contribution in [0.15, 0.2) is 17.2 Å². The maximum absolute atomic E-state index is 11.2. The molecule has 0 aliphatic rings. The van der Waals surface area contributed by atoms with Gasteiger partial charge in [0.15, 0.2) is 5.82 Å². The van der Waals surface area contributed by atoms with Gasteiger partial charge in [-0.1, -0.05) is 0 Å². The van der Waals surface area contributed by atoms with Crippen LogP contribution in [-0.2, 0) is 4.79 Å². The molecule has 0 saturated heterocycles. The zero-order chi connectivity index (χ0) is 11.3. The second-order valence-corrected chi connectivity index (χ2v) is 2.71. The molecule has 0 radical (unpaired) electrons. The maximum Gasteiger partial charge on any atom is 0.327 e.